The van der Waals surface area contributed by atoms with Crippen LogP contribution in [0.1, 0.15) is 27.2 Å². The van der Waals surface area contributed by atoms with Crippen LogP contribution in [-0.4, -0.2) is 17.9 Å². The molecule has 16 heavy (non-hydrogen) atoms. The summed E-state index contributed by atoms with van der Waals surface area (Å²) >= 11 is 0. The van der Waals surface area contributed by atoms with E-state index in [0.29, 0.717) is 11.4 Å². The van der Waals surface area contributed by atoms with E-state index in [1.165, 1.54) is 0 Å². The molecule has 0 radical (unpaired) electrons. The molecule has 0 aromatic carbocycles. The van der Waals surface area contributed by atoms with Crippen molar-refractivity contribution in [1.29, 1.82) is 0 Å². The number of nitrogen functional groups attached to an aromatic ring is 1. The highest BCUT2D eigenvalue weighted by Gasteiger charge is 2.29. The molecule has 0 unspecified atom stereocenters. The average Bonchev–Trinajstić information content (AvgIpc) is 2.27. The predicted molar refractivity (Wildman–Crippen MR) is 66.1 cm³/mol. The SMILES string of the molecule is CCC(C)(C)C(=O)N(C)c1ccncc1N. The summed E-state index contributed by atoms with van der Waals surface area (Å²) in [5, 5.41) is 0. The summed E-state index contributed by atoms with van der Waals surface area (Å²) in [4.78, 5) is 17.7. The average molecular weight is 221 g/mol. The predicted octanol–water partition coefficient (Wildman–Crippen LogP) is 2.06. The third kappa shape index (κ3) is 2.32. The number of carbonyl (C=O) groups excluding carboxylic acids is 1. The fourth-order valence-electron chi connectivity index (χ4n) is 1.42. The molecule has 1 aromatic heterocycles. The number of hydrogen-bond donors (Lipinski definition) is 1. The maximum absolute atomic E-state index is 12.2. The van der Waals surface area contributed by atoms with E-state index in [-0.39, 0.29) is 11.3 Å². The van der Waals surface area contributed by atoms with Gasteiger partial charge in [-0.3, -0.25) is 9.78 Å². The van der Waals surface area contributed by atoms with Crippen molar-refractivity contribution < 1.29 is 4.79 Å². The fourth-order valence-corrected chi connectivity index (χ4v) is 1.42. The Morgan fingerprint density at radius 2 is 2.19 bits per heavy atom. The third-order valence-corrected chi connectivity index (χ3v) is 2.96. The van der Waals surface area contributed by atoms with Crippen LogP contribution in [0.25, 0.3) is 0 Å². The van der Waals surface area contributed by atoms with Crippen molar-refractivity contribution in [2.45, 2.75) is 27.2 Å². The molecule has 88 valence electrons. The molecule has 0 fully saturated rings. The van der Waals surface area contributed by atoms with E-state index in [0.717, 1.165) is 6.42 Å². The molecular formula is C12H19N3O. The number of amides is 1. The van der Waals surface area contributed by atoms with Crippen LogP contribution in [0.5, 0.6) is 0 Å². The summed E-state index contributed by atoms with van der Waals surface area (Å²) in [6, 6.07) is 1.75. The van der Waals surface area contributed by atoms with Crippen LogP contribution in [0.15, 0.2) is 18.5 Å². The van der Waals surface area contributed by atoms with E-state index in [1.54, 1.807) is 30.4 Å². The van der Waals surface area contributed by atoms with Gasteiger partial charge in [-0.15, -0.1) is 0 Å². The van der Waals surface area contributed by atoms with Crippen molar-refractivity contribution in [3.8, 4) is 0 Å². The van der Waals surface area contributed by atoms with Gasteiger partial charge in [0.05, 0.1) is 17.6 Å². The van der Waals surface area contributed by atoms with Crippen LogP contribution in [-0.2, 0) is 4.79 Å². The first-order chi connectivity index (χ1) is 7.40. The second-order valence-electron chi connectivity index (χ2n) is 4.54. The van der Waals surface area contributed by atoms with Gasteiger partial charge in [0.25, 0.3) is 0 Å². The molecule has 4 nitrogen and oxygen atoms in total. The largest absolute Gasteiger partial charge is 0.396 e. The van der Waals surface area contributed by atoms with Crippen molar-refractivity contribution in [3.63, 3.8) is 0 Å². The van der Waals surface area contributed by atoms with Crippen molar-refractivity contribution in [3.05, 3.63) is 18.5 Å². The maximum atomic E-state index is 12.2. The number of hydrogen-bond acceptors (Lipinski definition) is 3. The number of rotatable bonds is 3. The van der Waals surface area contributed by atoms with Gasteiger partial charge in [-0.1, -0.05) is 20.8 Å². The molecule has 1 aromatic rings. The monoisotopic (exact) mass is 221 g/mol. The topological polar surface area (TPSA) is 59.2 Å². The van der Waals surface area contributed by atoms with Gasteiger partial charge in [0.1, 0.15) is 0 Å². The lowest BCUT2D eigenvalue weighted by molar-refractivity contribution is -0.126. The lowest BCUT2D eigenvalue weighted by Gasteiger charge is -2.28. The molecule has 0 aliphatic carbocycles. The minimum Gasteiger partial charge on any atom is -0.396 e. The Hall–Kier alpha value is -1.58. The second-order valence-corrected chi connectivity index (χ2v) is 4.54. The van der Waals surface area contributed by atoms with Crippen LogP contribution in [0.2, 0.25) is 0 Å². The zero-order valence-corrected chi connectivity index (χ0v) is 10.3. The number of nitrogens with zero attached hydrogens (tertiary/aromatic N) is 2. The van der Waals surface area contributed by atoms with E-state index in [2.05, 4.69) is 4.98 Å². The summed E-state index contributed by atoms with van der Waals surface area (Å²) < 4.78 is 0. The van der Waals surface area contributed by atoms with Crippen LogP contribution >= 0.6 is 0 Å². The van der Waals surface area contributed by atoms with Gasteiger partial charge in [0.2, 0.25) is 5.91 Å². The van der Waals surface area contributed by atoms with Crippen LogP contribution in [0.3, 0.4) is 0 Å². The van der Waals surface area contributed by atoms with Gasteiger partial charge in [-0.25, -0.2) is 0 Å². The highest BCUT2D eigenvalue weighted by Crippen LogP contribution is 2.28. The molecule has 0 bridgehead atoms. The first-order valence-electron chi connectivity index (χ1n) is 5.37. The molecular weight excluding hydrogens is 202 g/mol. The third-order valence-electron chi connectivity index (χ3n) is 2.96. The zero-order chi connectivity index (χ0) is 12.3. The van der Waals surface area contributed by atoms with Crippen molar-refractivity contribution in [1.82, 2.24) is 4.98 Å². The van der Waals surface area contributed by atoms with Crippen molar-refractivity contribution in [2.75, 3.05) is 17.7 Å². The summed E-state index contributed by atoms with van der Waals surface area (Å²) in [5.74, 6) is 0.0629. The molecule has 0 aliphatic rings. The quantitative estimate of drug-likeness (QED) is 0.850. The van der Waals surface area contributed by atoms with E-state index < -0.39 is 0 Å². The molecule has 4 heteroatoms. The molecule has 0 saturated carbocycles. The maximum Gasteiger partial charge on any atom is 0.232 e. The van der Waals surface area contributed by atoms with E-state index >= 15 is 0 Å². The van der Waals surface area contributed by atoms with Crippen LogP contribution in [0, 0.1) is 5.41 Å². The molecule has 0 saturated heterocycles. The molecule has 0 atom stereocenters. The summed E-state index contributed by atoms with van der Waals surface area (Å²) in [6.45, 7) is 5.87. The Morgan fingerprint density at radius 3 is 2.69 bits per heavy atom. The first kappa shape index (κ1) is 12.5. The summed E-state index contributed by atoms with van der Waals surface area (Å²) in [7, 11) is 1.74. The number of nitrogens with two attached hydrogens (primary N) is 1. The normalized spacial score (nSPS) is 11.2. The minimum atomic E-state index is -0.371. The Bertz CT molecular complexity index is 388. The Balaban J connectivity index is 3.00. The number of pyridine rings is 1. The van der Waals surface area contributed by atoms with Gasteiger partial charge in [0.15, 0.2) is 0 Å². The molecule has 0 spiro atoms. The molecule has 1 heterocycles. The zero-order valence-electron chi connectivity index (χ0n) is 10.3. The van der Waals surface area contributed by atoms with Crippen LogP contribution < -0.4 is 10.6 Å². The standard InChI is InChI=1S/C12H19N3O/c1-5-12(2,3)11(16)15(4)10-6-7-14-8-9(10)13/h6-8H,5,13H2,1-4H3. The molecule has 2 N–H and O–H groups in total. The van der Waals surface area contributed by atoms with Gasteiger partial charge < -0.3 is 10.6 Å². The highest BCUT2D eigenvalue weighted by molar-refractivity contribution is 5.98. The number of carbonyl (C=O) groups is 1. The van der Waals surface area contributed by atoms with Gasteiger partial charge in [0, 0.05) is 18.7 Å². The smallest absolute Gasteiger partial charge is 0.232 e. The molecule has 1 rings (SSSR count). The van der Waals surface area contributed by atoms with E-state index in [1.807, 2.05) is 20.8 Å². The van der Waals surface area contributed by atoms with Crippen LogP contribution in [0.4, 0.5) is 11.4 Å². The minimum absolute atomic E-state index is 0.0629. The summed E-state index contributed by atoms with van der Waals surface area (Å²) in [5.41, 5.74) is 6.65. The van der Waals surface area contributed by atoms with Gasteiger partial charge in [-0.2, -0.15) is 0 Å². The van der Waals surface area contributed by atoms with Crippen molar-refractivity contribution in [2.24, 2.45) is 5.41 Å². The molecule has 0 aliphatic heterocycles. The lowest BCUT2D eigenvalue weighted by atomic mass is 9.88. The number of aromatic nitrogens is 1. The lowest BCUT2D eigenvalue weighted by Crippen LogP contribution is -2.38. The Kier molecular flexibility index (Phi) is 3.52. The van der Waals surface area contributed by atoms with E-state index in [4.69, 9.17) is 5.73 Å². The second kappa shape index (κ2) is 4.51. The number of anilines is 2. The Morgan fingerprint density at radius 1 is 1.56 bits per heavy atom. The van der Waals surface area contributed by atoms with Crippen molar-refractivity contribution >= 4 is 17.3 Å². The first-order valence-corrected chi connectivity index (χ1v) is 5.37. The Labute approximate surface area is 96.5 Å². The fraction of sp³-hybridized carbons (Fsp3) is 0.500. The van der Waals surface area contributed by atoms with Gasteiger partial charge in [-0.05, 0) is 12.5 Å². The van der Waals surface area contributed by atoms with E-state index in [9.17, 15) is 4.79 Å². The molecule has 1 amide bonds. The highest BCUT2D eigenvalue weighted by atomic mass is 16.2. The summed E-state index contributed by atoms with van der Waals surface area (Å²) in [6.07, 6.45) is 3.98. The van der Waals surface area contributed by atoms with Gasteiger partial charge >= 0.3 is 0 Å².